The van der Waals surface area contributed by atoms with Crippen molar-refractivity contribution in [2.75, 3.05) is 7.11 Å². The largest absolute Gasteiger partial charge is 0.493 e. The first kappa shape index (κ1) is 14.7. The van der Waals surface area contributed by atoms with Gasteiger partial charge in [0, 0.05) is 18.9 Å². The highest BCUT2D eigenvalue weighted by Gasteiger charge is 2.18. The van der Waals surface area contributed by atoms with E-state index in [9.17, 15) is 14.4 Å². The molecule has 0 unspecified atom stereocenters. The summed E-state index contributed by atoms with van der Waals surface area (Å²) in [6.07, 6.45) is -0.00143. The zero-order valence-corrected chi connectivity index (χ0v) is 10.9. The van der Waals surface area contributed by atoms with E-state index in [-0.39, 0.29) is 29.3 Å². The number of aromatic carboxylic acids is 1. The van der Waals surface area contributed by atoms with E-state index in [1.54, 1.807) is 0 Å². The van der Waals surface area contributed by atoms with Crippen LogP contribution in [0.25, 0.3) is 0 Å². The molecule has 0 amide bonds. The second kappa shape index (κ2) is 5.99. The first-order valence-corrected chi connectivity index (χ1v) is 5.47. The van der Waals surface area contributed by atoms with E-state index in [4.69, 9.17) is 14.6 Å². The number of ether oxygens (including phenoxy) is 2. The van der Waals surface area contributed by atoms with Crippen LogP contribution in [0.3, 0.4) is 0 Å². The van der Waals surface area contributed by atoms with Crippen molar-refractivity contribution in [1.29, 1.82) is 0 Å². The van der Waals surface area contributed by atoms with Crippen molar-refractivity contribution in [1.82, 2.24) is 0 Å². The first-order chi connectivity index (χ1) is 8.85. The third kappa shape index (κ3) is 3.80. The van der Waals surface area contributed by atoms with Gasteiger partial charge >= 0.3 is 11.9 Å². The predicted molar refractivity (Wildman–Crippen MR) is 65.6 cm³/mol. The molecule has 0 aliphatic heterocycles. The van der Waals surface area contributed by atoms with Gasteiger partial charge < -0.3 is 14.6 Å². The molecule has 1 N–H and O–H groups in total. The van der Waals surface area contributed by atoms with Crippen molar-refractivity contribution in [3.05, 3.63) is 23.3 Å². The van der Waals surface area contributed by atoms with Crippen LogP contribution in [0, 0.1) is 0 Å². The number of carboxylic acid groups (broad SMARTS) is 1. The van der Waals surface area contributed by atoms with E-state index >= 15 is 0 Å². The van der Waals surface area contributed by atoms with Crippen molar-refractivity contribution < 1.29 is 29.0 Å². The Hall–Kier alpha value is -2.37. The molecule has 0 atom stereocenters. The second-order valence-corrected chi connectivity index (χ2v) is 3.94. The van der Waals surface area contributed by atoms with Crippen molar-refractivity contribution in [3.63, 3.8) is 0 Å². The van der Waals surface area contributed by atoms with Gasteiger partial charge in [0.05, 0.1) is 12.7 Å². The van der Waals surface area contributed by atoms with Crippen LogP contribution in [0.4, 0.5) is 0 Å². The summed E-state index contributed by atoms with van der Waals surface area (Å²) in [6, 6.07) is 2.52. The molecule has 0 aromatic heterocycles. The molecule has 0 heterocycles. The lowest BCUT2D eigenvalue weighted by molar-refractivity contribution is -0.132. The Morgan fingerprint density at radius 1 is 1.21 bits per heavy atom. The normalized spacial score (nSPS) is 9.84. The van der Waals surface area contributed by atoms with Crippen molar-refractivity contribution in [2.45, 2.75) is 20.3 Å². The van der Waals surface area contributed by atoms with E-state index in [2.05, 4.69) is 0 Å². The van der Waals surface area contributed by atoms with Gasteiger partial charge in [-0.3, -0.25) is 9.59 Å². The Morgan fingerprint density at radius 3 is 2.26 bits per heavy atom. The number of carbonyl (C=O) groups is 3. The Balaban J connectivity index is 3.41. The van der Waals surface area contributed by atoms with Gasteiger partial charge in [-0.15, -0.1) is 0 Å². The number of methoxy groups -OCH3 is 1. The zero-order chi connectivity index (χ0) is 14.6. The highest BCUT2D eigenvalue weighted by Crippen LogP contribution is 2.33. The molecule has 0 saturated carbocycles. The summed E-state index contributed by atoms with van der Waals surface area (Å²) in [5.74, 6) is -1.76. The minimum absolute atomic E-state index is 0.00143. The van der Waals surface area contributed by atoms with Gasteiger partial charge in [-0.1, -0.05) is 0 Å². The summed E-state index contributed by atoms with van der Waals surface area (Å²) in [5.41, 5.74) is 0.291. The third-order valence-electron chi connectivity index (χ3n) is 2.28. The Bertz CT molecular complexity index is 495. The highest BCUT2D eigenvalue weighted by molar-refractivity contribution is 5.90. The Labute approximate surface area is 109 Å². The smallest absolute Gasteiger partial charge is 0.335 e. The van der Waals surface area contributed by atoms with Crippen molar-refractivity contribution >= 4 is 17.7 Å². The van der Waals surface area contributed by atoms with Crippen LogP contribution >= 0.6 is 0 Å². The van der Waals surface area contributed by atoms with Crippen LogP contribution < -0.4 is 9.47 Å². The molecule has 1 rings (SSSR count). The van der Waals surface area contributed by atoms with Crippen LogP contribution in [-0.4, -0.2) is 29.9 Å². The maximum atomic E-state index is 11.2. The molecule has 1 aromatic rings. The number of Topliss-reactive ketones (excluding diaryl/α,β-unsaturated/α-hetero) is 1. The minimum Gasteiger partial charge on any atom is -0.493 e. The molecular formula is C13H14O6. The number of esters is 1. The minimum atomic E-state index is -1.18. The molecular weight excluding hydrogens is 252 g/mol. The standard InChI is InChI=1S/C13H14O6/c1-7(14)4-9-5-10(13(16)17)6-11(12(9)18-3)19-8(2)15/h5-6H,4H2,1-3H3,(H,16,17). The number of benzene rings is 1. The lowest BCUT2D eigenvalue weighted by Crippen LogP contribution is -2.09. The number of rotatable bonds is 5. The predicted octanol–water partition coefficient (Wildman–Crippen LogP) is 1.45. The van der Waals surface area contributed by atoms with E-state index in [1.807, 2.05) is 0 Å². The Morgan fingerprint density at radius 2 is 1.84 bits per heavy atom. The summed E-state index contributed by atoms with van der Waals surface area (Å²) in [5, 5.41) is 9.00. The average Bonchev–Trinajstić information content (AvgIpc) is 2.26. The van der Waals surface area contributed by atoms with Gasteiger partial charge in [0.25, 0.3) is 0 Å². The molecule has 102 valence electrons. The maximum absolute atomic E-state index is 11.2. The van der Waals surface area contributed by atoms with Gasteiger partial charge in [-0.05, 0) is 19.1 Å². The molecule has 0 fully saturated rings. The summed E-state index contributed by atoms with van der Waals surface area (Å²) in [7, 11) is 1.35. The summed E-state index contributed by atoms with van der Waals surface area (Å²) in [4.78, 5) is 33.2. The van der Waals surface area contributed by atoms with E-state index in [1.165, 1.54) is 33.1 Å². The van der Waals surface area contributed by atoms with E-state index < -0.39 is 11.9 Å². The molecule has 19 heavy (non-hydrogen) atoms. The first-order valence-electron chi connectivity index (χ1n) is 5.47. The fourth-order valence-electron chi connectivity index (χ4n) is 1.65. The number of carbonyl (C=O) groups excluding carboxylic acids is 2. The number of hydrogen-bond donors (Lipinski definition) is 1. The SMILES string of the molecule is COc1c(CC(C)=O)cc(C(=O)O)cc1OC(C)=O. The van der Waals surface area contributed by atoms with Crippen LogP contribution in [0.1, 0.15) is 29.8 Å². The van der Waals surface area contributed by atoms with Crippen molar-refractivity contribution in [3.8, 4) is 11.5 Å². The lowest BCUT2D eigenvalue weighted by atomic mass is 10.0. The van der Waals surface area contributed by atoms with Crippen molar-refractivity contribution in [2.24, 2.45) is 0 Å². The van der Waals surface area contributed by atoms with Crippen LogP contribution in [0.2, 0.25) is 0 Å². The molecule has 0 aliphatic rings. The molecule has 0 aliphatic carbocycles. The van der Waals surface area contributed by atoms with Gasteiger partial charge in [0.2, 0.25) is 0 Å². The molecule has 0 spiro atoms. The van der Waals surface area contributed by atoms with E-state index in [0.29, 0.717) is 5.56 Å². The van der Waals surface area contributed by atoms with Gasteiger partial charge in [-0.25, -0.2) is 4.79 Å². The number of carboxylic acids is 1. The quantitative estimate of drug-likeness (QED) is 0.640. The van der Waals surface area contributed by atoms with Crippen LogP contribution in [0.15, 0.2) is 12.1 Å². The maximum Gasteiger partial charge on any atom is 0.335 e. The highest BCUT2D eigenvalue weighted by atomic mass is 16.6. The third-order valence-corrected chi connectivity index (χ3v) is 2.28. The molecule has 0 radical (unpaired) electrons. The summed E-state index contributed by atoms with van der Waals surface area (Å²) < 4.78 is 10.0. The van der Waals surface area contributed by atoms with Gasteiger partial charge in [-0.2, -0.15) is 0 Å². The van der Waals surface area contributed by atoms with Crippen LogP contribution in [-0.2, 0) is 16.0 Å². The lowest BCUT2D eigenvalue weighted by Gasteiger charge is -2.13. The summed E-state index contributed by atoms with van der Waals surface area (Å²) in [6.45, 7) is 2.57. The van der Waals surface area contributed by atoms with Gasteiger partial charge in [0.1, 0.15) is 5.78 Å². The monoisotopic (exact) mass is 266 g/mol. The van der Waals surface area contributed by atoms with E-state index in [0.717, 1.165) is 0 Å². The molecule has 0 bridgehead atoms. The number of hydrogen-bond acceptors (Lipinski definition) is 5. The van der Waals surface area contributed by atoms with Gasteiger partial charge in [0.15, 0.2) is 11.5 Å². The molecule has 6 nitrogen and oxygen atoms in total. The molecule has 0 saturated heterocycles. The zero-order valence-electron chi connectivity index (χ0n) is 10.9. The fourth-order valence-corrected chi connectivity index (χ4v) is 1.65. The fraction of sp³-hybridized carbons (Fsp3) is 0.308. The molecule has 1 aromatic carbocycles. The summed E-state index contributed by atoms with van der Waals surface area (Å²) >= 11 is 0. The topological polar surface area (TPSA) is 89.9 Å². The number of ketones is 1. The van der Waals surface area contributed by atoms with Crippen LogP contribution in [0.5, 0.6) is 11.5 Å². The average molecular weight is 266 g/mol. The second-order valence-electron chi connectivity index (χ2n) is 3.94. The Kier molecular flexibility index (Phi) is 4.63. The molecule has 6 heteroatoms.